The summed E-state index contributed by atoms with van der Waals surface area (Å²) >= 11 is 0. The smallest absolute Gasteiger partial charge is 0.337 e. The second-order valence-corrected chi connectivity index (χ2v) is 4.95. The molecule has 8 heteroatoms. The molecule has 0 aliphatic carbocycles. The second-order valence-electron chi connectivity index (χ2n) is 4.95. The van der Waals surface area contributed by atoms with Gasteiger partial charge in [-0.2, -0.15) is 0 Å². The molecule has 0 spiro atoms. The average molecular weight is 325 g/mol. The summed E-state index contributed by atoms with van der Waals surface area (Å²) < 4.78 is 20.9. The quantitative estimate of drug-likeness (QED) is 0.328. The Labute approximate surface area is 133 Å². The lowest BCUT2D eigenvalue weighted by Gasteiger charge is -2.22. The van der Waals surface area contributed by atoms with Gasteiger partial charge in [0.25, 0.3) is 0 Å². The van der Waals surface area contributed by atoms with Crippen molar-refractivity contribution in [2.75, 3.05) is 26.9 Å². The van der Waals surface area contributed by atoms with Crippen molar-refractivity contribution < 1.29 is 28.7 Å². The van der Waals surface area contributed by atoms with Gasteiger partial charge < -0.3 is 18.9 Å². The van der Waals surface area contributed by atoms with Gasteiger partial charge in [0.1, 0.15) is 6.61 Å². The molecule has 2 rings (SSSR count). The van der Waals surface area contributed by atoms with Crippen LogP contribution in [0.4, 0.5) is 5.69 Å². The fraction of sp³-hybridized carbons (Fsp3) is 0.533. The normalized spacial score (nSPS) is 17.5. The minimum atomic E-state index is -0.586. The first-order valence-electron chi connectivity index (χ1n) is 7.34. The number of methoxy groups -OCH3 is 1. The molecule has 0 amide bonds. The molecule has 1 aromatic carbocycles. The van der Waals surface area contributed by atoms with Crippen LogP contribution < -0.4 is 4.74 Å². The summed E-state index contributed by atoms with van der Waals surface area (Å²) in [6, 6.07) is 3.83. The zero-order valence-electron chi connectivity index (χ0n) is 12.9. The molecular weight excluding hydrogens is 306 g/mol. The maximum Gasteiger partial charge on any atom is 0.337 e. The average Bonchev–Trinajstić information content (AvgIpc) is 2.58. The van der Waals surface area contributed by atoms with E-state index in [1.807, 2.05) is 0 Å². The van der Waals surface area contributed by atoms with Gasteiger partial charge in [0, 0.05) is 18.7 Å². The molecule has 1 fully saturated rings. The van der Waals surface area contributed by atoms with Crippen molar-refractivity contribution in [1.82, 2.24) is 0 Å². The van der Waals surface area contributed by atoms with Gasteiger partial charge >= 0.3 is 11.7 Å². The number of hydrogen-bond acceptors (Lipinski definition) is 7. The van der Waals surface area contributed by atoms with E-state index >= 15 is 0 Å². The van der Waals surface area contributed by atoms with Gasteiger partial charge in [-0.05, 0) is 25.3 Å². The molecule has 23 heavy (non-hydrogen) atoms. The molecule has 1 unspecified atom stereocenters. The third-order valence-corrected chi connectivity index (χ3v) is 3.36. The summed E-state index contributed by atoms with van der Waals surface area (Å²) in [6.07, 6.45) is 2.67. The van der Waals surface area contributed by atoms with Crippen molar-refractivity contribution in [2.45, 2.75) is 25.6 Å². The second kappa shape index (κ2) is 8.44. The molecule has 8 nitrogen and oxygen atoms in total. The van der Waals surface area contributed by atoms with E-state index in [4.69, 9.17) is 14.2 Å². The van der Waals surface area contributed by atoms with Gasteiger partial charge in [0.05, 0.1) is 24.2 Å². The fourth-order valence-electron chi connectivity index (χ4n) is 2.20. The number of ether oxygens (including phenoxy) is 4. The zero-order chi connectivity index (χ0) is 16.7. The van der Waals surface area contributed by atoms with E-state index in [0.717, 1.165) is 19.3 Å². The largest absolute Gasteiger partial charge is 0.484 e. The lowest BCUT2D eigenvalue weighted by Crippen LogP contribution is -2.24. The number of benzene rings is 1. The van der Waals surface area contributed by atoms with Gasteiger partial charge in [0.2, 0.25) is 0 Å². The predicted molar refractivity (Wildman–Crippen MR) is 79.5 cm³/mol. The first kappa shape index (κ1) is 17.2. The maximum absolute atomic E-state index is 11.5. The van der Waals surface area contributed by atoms with Crippen LogP contribution >= 0.6 is 0 Å². The molecule has 1 aliphatic rings. The van der Waals surface area contributed by atoms with Crippen LogP contribution in [0.15, 0.2) is 18.2 Å². The molecule has 0 radical (unpaired) electrons. The van der Waals surface area contributed by atoms with Crippen LogP contribution in [0.25, 0.3) is 0 Å². The number of carbonyl (C=O) groups excluding carboxylic acids is 1. The third kappa shape index (κ3) is 4.90. The first-order chi connectivity index (χ1) is 11.1. The Bertz CT molecular complexity index is 555. The number of nitro benzene ring substituents is 1. The monoisotopic (exact) mass is 325 g/mol. The summed E-state index contributed by atoms with van der Waals surface area (Å²) in [6.45, 7) is 1.04. The van der Waals surface area contributed by atoms with E-state index in [0.29, 0.717) is 6.61 Å². The molecule has 1 heterocycles. The van der Waals surface area contributed by atoms with E-state index < -0.39 is 10.9 Å². The molecule has 0 saturated carbocycles. The van der Waals surface area contributed by atoms with Crippen LogP contribution in [0.2, 0.25) is 0 Å². The van der Waals surface area contributed by atoms with Crippen LogP contribution in [0, 0.1) is 10.1 Å². The molecule has 0 N–H and O–H groups in total. The third-order valence-electron chi connectivity index (χ3n) is 3.36. The number of carbonyl (C=O) groups is 1. The van der Waals surface area contributed by atoms with Gasteiger partial charge in [-0.1, -0.05) is 0 Å². The van der Waals surface area contributed by atoms with E-state index in [1.165, 1.54) is 25.3 Å². The number of esters is 1. The summed E-state index contributed by atoms with van der Waals surface area (Å²) in [5.41, 5.74) is -0.0313. The van der Waals surface area contributed by atoms with E-state index in [1.54, 1.807) is 0 Å². The minimum absolute atomic E-state index is 0.00561. The van der Waals surface area contributed by atoms with Crippen LogP contribution in [-0.4, -0.2) is 44.1 Å². The molecular formula is C15H19NO7. The highest BCUT2D eigenvalue weighted by Gasteiger charge is 2.19. The Morgan fingerprint density at radius 3 is 2.87 bits per heavy atom. The number of nitrogens with zero attached hydrogens (tertiary/aromatic N) is 1. The van der Waals surface area contributed by atoms with Crippen molar-refractivity contribution in [3.63, 3.8) is 0 Å². The van der Waals surface area contributed by atoms with E-state index in [9.17, 15) is 14.9 Å². The van der Waals surface area contributed by atoms with Crippen LogP contribution in [0.5, 0.6) is 5.75 Å². The highest BCUT2D eigenvalue weighted by atomic mass is 16.7. The summed E-state index contributed by atoms with van der Waals surface area (Å²) in [5.74, 6) is -0.581. The Kier molecular flexibility index (Phi) is 6.30. The van der Waals surface area contributed by atoms with Gasteiger partial charge in [-0.15, -0.1) is 0 Å². The van der Waals surface area contributed by atoms with Crippen molar-refractivity contribution in [3.8, 4) is 5.75 Å². The van der Waals surface area contributed by atoms with Crippen molar-refractivity contribution >= 4 is 11.7 Å². The van der Waals surface area contributed by atoms with E-state index in [-0.39, 0.29) is 36.5 Å². The van der Waals surface area contributed by atoms with Crippen molar-refractivity contribution in [1.29, 1.82) is 0 Å². The fourth-order valence-corrected chi connectivity index (χ4v) is 2.20. The Balaban J connectivity index is 1.93. The first-order valence-corrected chi connectivity index (χ1v) is 7.34. The van der Waals surface area contributed by atoms with Crippen LogP contribution in [0.1, 0.15) is 29.6 Å². The van der Waals surface area contributed by atoms with Crippen molar-refractivity contribution in [3.05, 3.63) is 33.9 Å². The van der Waals surface area contributed by atoms with Crippen LogP contribution in [-0.2, 0) is 14.2 Å². The molecule has 1 saturated heterocycles. The van der Waals surface area contributed by atoms with Gasteiger partial charge in [-0.25, -0.2) is 4.79 Å². The SMILES string of the molecule is COC(=O)c1ccc([N+](=O)[O-])c(OCCOC2CCCCO2)c1. The maximum atomic E-state index is 11.5. The molecule has 1 aliphatic heterocycles. The highest BCUT2D eigenvalue weighted by Crippen LogP contribution is 2.28. The summed E-state index contributed by atoms with van der Waals surface area (Å²) in [5, 5.41) is 11.0. The number of nitro groups is 1. The molecule has 1 aromatic rings. The van der Waals surface area contributed by atoms with Gasteiger partial charge in [-0.3, -0.25) is 10.1 Å². The lowest BCUT2D eigenvalue weighted by atomic mass is 10.2. The minimum Gasteiger partial charge on any atom is -0.484 e. The Morgan fingerprint density at radius 2 is 2.22 bits per heavy atom. The van der Waals surface area contributed by atoms with Crippen molar-refractivity contribution in [2.24, 2.45) is 0 Å². The summed E-state index contributed by atoms with van der Waals surface area (Å²) in [7, 11) is 1.24. The Hall–Kier alpha value is -2.19. The van der Waals surface area contributed by atoms with Gasteiger partial charge in [0.15, 0.2) is 12.0 Å². The van der Waals surface area contributed by atoms with Crippen LogP contribution in [0.3, 0.4) is 0 Å². The predicted octanol–water partition coefficient (Wildman–Crippen LogP) is 2.30. The molecule has 126 valence electrons. The number of rotatable bonds is 7. The molecule has 0 aromatic heterocycles. The Morgan fingerprint density at radius 1 is 1.39 bits per heavy atom. The standard InChI is InChI=1S/C15H19NO7/c1-20-15(17)11-5-6-12(16(18)19)13(10-11)21-8-9-23-14-4-2-3-7-22-14/h5-6,10,14H,2-4,7-9H2,1H3. The lowest BCUT2D eigenvalue weighted by molar-refractivity contribution is -0.385. The highest BCUT2D eigenvalue weighted by molar-refractivity contribution is 5.90. The topological polar surface area (TPSA) is 97.1 Å². The zero-order valence-corrected chi connectivity index (χ0v) is 12.9. The number of hydrogen-bond donors (Lipinski definition) is 0. The summed E-state index contributed by atoms with van der Waals surface area (Å²) in [4.78, 5) is 21.9. The molecule has 0 bridgehead atoms. The van der Waals surface area contributed by atoms with E-state index in [2.05, 4.69) is 4.74 Å². The molecule has 1 atom stereocenters.